The third-order valence-electron chi connectivity index (χ3n) is 3.59. The fourth-order valence-electron chi connectivity index (χ4n) is 2.36. The Kier molecular flexibility index (Phi) is 4.62. The van der Waals surface area contributed by atoms with Gasteiger partial charge in [0, 0.05) is 28.7 Å². The zero-order chi connectivity index (χ0) is 18.2. The lowest BCUT2D eigenvalue weighted by Crippen LogP contribution is -1.98. The second kappa shape index (κ2) is 6.57. The van der Waals surface area contributed by atoms with Crippen molar-refractivity contribution in [1.82, 2.24) is 9.55 Å². The van der Waals surface area contributed by atoms with Crippen LogP contribution in [0.2, 0.25) is 5.02 Å². The van der Waals surface area contributed by atoms with Gasteiger partial charge in [-0.1, -0.05) is 11.6 Å². The van der Waals surface area contributed by atoms with E-state index in [-0.39, 0.29) is 16.4 Å². The molecule has 0 amide bonds. The van der Waals surface area contributed by atoms with E-state index in [4.69, 9.17) is 11.6 Å². The lowest BCUT2D eigenvalue weighted by Gasteiger charge is -2.08. The maximum absolute atomic E-state index is 13.1. The molecule has 0 aliphatic rings. The van der Waals surface area contributed by atoms with Crippen molar-refractivity contribution in [3.05, 3.63) is 65.4 Å². The predicted octanol–water partition coefficient (Wildman–Crippen LogP) is 4.53. The number of aromatic nitrogens is 2. The van der Waals surface area contributed by atoms with E-state index in [1.54, 1.807) is 36.4 Å². The van der Waals surface area contributed by atoms with Crippen LogP contribution >= 0.6 is 11.6 Å². The first kappa shape index (κ1) is 17.6. The van der Waals surface area contributed by atoms with Gasteiger partial charge in [0.2, 0.25) is 0 Å². The molecule has 1 heterocycles. The smallest absolute Gasteiger partial charge is 0.281 e. The summed E-state index contributed by atoms with van der Waals surface area (Å²) >= 11 is 5.87. The molecule has 0 saturated heterocycles. The van der Waals surface area contributed by atoms with Crippen molar-refractivity contribution in [3.8, 4) is 17.1 Å². The molecule has 0 aliphatic carbocycles. The molecular formula is C17H13ClF2N2O2S. The molecule has 0 fully saturated rings. The Hall–Kier alpha value is -2.25. The number of hydrogen-bond acceptors (Lipinski definition) is 3. The summed E-state index contributed by atoms with van der Waals surface area (Å²) in [7, 11) is -3.34. The van der Waals surface area contributed by atoms with Gasteiger partial charge < -0.3 is 0 Å². The van der Waals surface area contributed by atoms with Crippen LogP contribution in [0.5, 0.6) is 0 Å². The number of imidazole rings is 1. The van der Waals surface area contributed by atoms with E-state index >= 15 is 0 Å². The quantitative estimate of drug-likeness (QED) is 0.666. The number of hydrogen-bond donors (Lipinski definition) is 0. The van der Waals surface area contributed by atoms with Crippen molar-refractivity contribution in [2.75, 3.05) is 6.26 Å². The lowest BCUT2D eigenvalue weighted by atomic mass is 10.2. The highest BCUT2D eigenvalue weighted by molar-refractivity contribution is 7.90. The van der Waals surface area contributed by atoms with Gasteiger partial charge in [0.15, 0.2) is 9.84 Å². The van der Waals surface area contributed by atoms with Gasteiger partial charge in [-0.05, 0) is 48.5 Å². The summed E-state index contributed by atoms with van der Waals surface area (Å²) in [5, 5.41) is 0.525. The topological polar surface area (TPSA) is 52.0 Å². The lowest BCUT2D eigenvalue weighted by molar-refractivity contribution is 0.146. The molecule has 0 saturated carbocycles. The molecule has 0 unspecified atom stereocenters. The molecule has 2 aromatic carbocycles. The average molecular weight is 383 g/mol. The third-order valence-corrected chi connectivity index (χ3v) is 4.97. The van der Waals surface area contributed by atoms with E-state index in [2.05, 4.69) is 4.98 Å². The Labute approximate surface area is 148 Å². The number of sulfone groups is 1. The molecule has 25 heavy (non-hydrogen) atoms. The van der Waals surface area contributed by atoms with Gasteiger partial charge in [0.1, 0.15) is 11.5 Å². The first-order chi connectivity index (χ1) is 11.8. The summed E-state index contributed by atoms with van der Waals surface area (Å²) in [6, 6.07) is 12.6. The first-order valence-corrected chi connectivity index (χ1v) is 9.46. The van der Waals surface area contributed by atoms with Crippen LogP contribution in [0.15, 0.2) is 59.6 Å². The van der Waals surface area contributed by atoms with Crippen molar-refractivity contribution in [1.29, 1.82) is 0 Å². The third kappa shape index (κ3) is 3.72. The highest BCUT2D eigenvalue weighted by Gasteiger charge is 2.18. The number of halogens is 3. The average Bonchev–Trinajstić information content (AvgIpc) is 3.00. The molecule has 0 bridgehead atoms. The van der Waals surface area contributed by atoms with Crippen molar-refractivity contribution >= 4 is 21.4 Å². The monoisotopic (exact) mass is 382 g/mol. The Morgan fingerprint density at radius 2 is 1.64 bits per heavy atom. The molecule has 130 valence electrons. The molecule has 0 spiro atoms. The van der Waals surface area contributed by atoms with Crippen LogP contribution in [0.1, 0.15) is 12.1 Å². The Morgan fingerprint density at radius 1 is 1.04 bits per heavy atom. The summed E-state index contributed by atoms with van der Waals surface area (Å²) < 4.78 is 50.8. The standard InChI is InChI=1S/C17H13ClF2N2O2S/c1-25(23,24)14-8-2-11(3-9-14)17-21-15(16(19)20)10-22(17)13-6-4-12(18)5-7-13/h2-10,16H,1H3. The normalized spacial score (nSPS) is 11.9. The van der Waals surface area contributed by atoms with Gasteiger partial charge in [0.25, 0.3) is 6.43 Å². The van der Waals surface area contributed by atoms with Gasteiger partial charge in [-0.25, -0.2) is 22.2 Å². The molecular weight excluding hydrogens is 370 g/mol. The van der Waals surface area contributed by atoms with Crippen LogP contribution in [0.25, 0.3) is 17.1 Å². The summed E-state index contributed by atoms with van der Waals surface area (Å²) in [5.74, 6) is 0.290. The zero-order valence-electron chi connectivity index (χ0n) is 13.0. The Bertz CT molecular complexity index is 998. The van der Waals surface area contributed by atoms with Crippen LogP contribution in [0, 0.1) is 0 Å². The molecule has 1 aromatic heterocycles. The van der Waals surface area contributed by atoms with Gasteiger partial charge in [-0.2, -0.15) is 0 Å². The van der Waals surface area contributed by atoms with E-state index in [0.29, 0.717) is 16.3 Å². The summed E-state index contributed by atoms with van der Waals surface area (Å²) in [4.78, 5) is 4.15. The van der Waals surface area contributed by atoms with E-state index in [9.17, 15) is 17.2 Å². The van der Waals surface area contributed by atoms with Crippen LogP contribution in [-0.2, 0) is 9.84 Å². The van der Waals surface area contributed by atoms with E-state index in [1.807, 2.05) is 0 Å². The van der Waals surface area contributed by atoms with Gasteiger partial charge in [0.05, 0.1) is 4.90 Å². The first-order valence-electron chi connectivity index (χ1n) is 7.19. The number of benzene rings is 2. The molecule has 0 atom stereocenters. The summed E-state index contributed by atoms with van der Waals surface area (Å²) in [5.41, 5.74) is 0.775. The van der Waals surface area contributed by atoms with Crippen molar-refractivity contribution < 1.29 is 17.2 Å². The van der Waals surface area contributed by atoms with E-state index in [1.165, 1.54) is 22.9 Å². The maximum Gasteiger partial charge on any atom is 0.281 e. The second-order valence-corrected chi connectivity index (χ2v) is 7.89. The summed E-state index contributed by atoms with van der Waals surface area (Å²) in [6.07, 6.45) is -0.359. The van der Waals surface area contributed by atoms with Crippen LogP contribution in [0.3, 0.4) is 0 Å². The molecule has 0 N–H and O–H groups in total. The SMILES string of the molecule is CS(=O)(=O)c1ccc(-c2nc(C(F)F)cn2-c2ccc(Cl)cc2)cc1. The van der Waals surface area contributed by atoms with Gasteiger partial charge in [-0.3, -0.25) is 4.57 Å². The fraction of sp³-hybridized carbons (Fsp3) is 0.118. The number of alkyl halides is 2. The largest absolute Gasteiger partial charge is 0.299 e. The van der Waals surface area contributed by atoms with E-state index in [0.717, 1.165) is 6.26 Å². The fourth-order valence-corrected chi connectivity index (χ4v) is 3.11. The van der Waals surface area contributed by atoms with Crippen LogP contribution in [0.4, 0.5) is 8.78 Å². The molecule has 8 heteroatoms. The minimum Gasteiger partial charge on any atom is -0.299 e. The summed E-state index contributed by atoms with van der Waals surface area (Å²) in [6.45, 7) is 0. The minimum absolute atomic E-state index is 0.148. The van der Waals surface area contributed by atoms with Crippen molar-refractivity contribution in [3.63, 3.8) is 0 Å². The Morgan fingerprint density at radius 3 is 2.16 bits per heavy atom. The highest BCUT2D eigenvalue weighted by atomic mass is 35.5. The predicted molar refractivity (Wildman–Crippen MR) is 92.1 cm³/mol. The number of rotatable bonds is 4. The number of nitrogens with zero attached hydrogens (tertiary/aromatic N) is 2. The van der Waals surface area contributed by atoms with Gasteiger partial charge >= 0.3 is 0 Å². The maximum atomic E-state index is 13.1. The Balaban J connectivity index is 2.13. The zero-order valence-corrected chi connectivity index (χ0v) is 14.6. The molecule has 3 aromatic rings. The van der Waals surface area contributed by atoms with E-state index < -0.39 is 16.3 Å². The minimum atomic E-state index is -3.34. The highest BCUT2D eigenvalue weighted by Crippen LogP contribution is 2.28. The molecule has 0 aliphatic heterocycles. The molecule has 3 rings (SSSR count). The van der Waals surface area contributed by atoms with Crippen LogP contribution < -0.4 is 0 Å². The molecule has 0 radical (unpaired) electrons. The van der Waals surface area contributed by atoms with Crippen molar-refractivity contribution in [2.45, 2.75) is 11.3 Å². The van der Waals surface area contributed by atoms with Crippen LogP contribution in [-0.4, -0.2) is 24.2 Å². The van der Waals surface area contributed by atoms with Gasteiger partial charge in [-0.15, -0.1) is 0 Å². The molecule has 4 nitrogen and oxygen atoms in total. The van der Waals surface area contributed by atoms with Crippen molar-refractivity contribution in [2.24, 2.45) is 0 Å². The second-order valence-electron chi connectivity index (χ2n) is 5.43.